The number of aliphatic hydroxyl groups excluding tert-OH is 1. The van der Waals surface area contributed by atoms with Gasteiger partial charge < -0.3 is 10.0 Å². The Labute approximate surface area is 165 Å². The zero-order valence-electron chi connectivity index (χ0n) is 15.8. The van der Waals surface area contributed by atoms with E-state index in [1.165, 1.54) is 35.5 Å². The van der Waals surface area contributed by atoms with Crippen LogP contribution in [0, 0.1) is 0 Å². The molecule has 0 unspecified atom stereocenters. The summed E-state index contributed by atoms with van der Waals surface area (Å²) < 4.78 is 2.40. The highest BCUT2D eigenvalue weighted by molar-refractivity contribution is 7.98. The van der Waals surface area contributed by atoms with Crippen molar-refractivity contribution in [3.05, 3.63) is 48.0 Å². The number of hydrogen-bond donors (Lipinski definition) is 1. The van der Waals surface area contributed by atoms with Gasteiger partial charge in [0.1, 0.15) is 0 Å². The maximum Gasteiger partial charge on any atom is 0.0693 e. The number of fused-ring (bicyclic) bond motifs is 1. The van der Waals surface area contributed by atoms with Crippen LogP contribution in [-0.2, 0) is 6.61 Å². The third kappa shape index (κ3) is 4.22. The molecule has 1 aliphatic rings. The molecular weight excluding hydrogens is 360 g/mol. The Morgan fingerprint density at radius 1 is 1.23 bits per heavy atom. The Morgan fingerprint density at radius 3 is 2.65 bits per heavy atom. The number of rotatable bonds is 6. The van der Waals surface area contributed by atoms with Crippen LogP contribution < -0.4 is 4.90 Å². The molecule has 26 heavy (non-hydrogen) atoms. The fourth-order valence-corrected chi connectivity index (χ4v) is 5.11. The number of para-hydroxylation sites is 1. The van der Waals surface area contributed by atoms with Gasteiger partial charge in [-0.3, -0.25) is 0 Å². The molecule has 0 amide bonds. The first-order chi connectivity index (χ1) is 12.7. The lowest BCUT2D eigenvalue weighted by Gasteiger charge is -2.30. The number of nitrogens with zero attached hydrogens (tertiary/aromatic N) is 2. The molecular formula is C21H28N2OS2. The van der Waals surface area contributed by atoms with Crippen LogP contribution in [-0.4, -0.2) is 35.3 Å². The standard InChI is InChI=1S/C21H28N2OS2/c1-4-5-9-18-14-23(17-10-7-6-8-11-17)19-13-20(25-3)16(15-24)12-21(19)26-22(18)2/h6-8,10-13,18,24H,4-5,9,14-15H2,1-3H3/t18-/m0/s1. The molecule has 0 saturated heterocycles. The van der Waals surface area contributed by atoms with E-state index in [1.807, 2.05) is 11.9 Å². The normalized spacial score (nSPS) is 17.8. The largest absolute Gasteiger partial charge is 0.392 e. The molecule has 1 N–H and O–H groups in total. The van der Waals surface area contributed by atoms with E-state index in [1.54, 1.807) is 11.8 Å². The average molecular weight is 389 g/mol. The van der Waals surface area contributed by atoms with Crippen molar-refractivity contribution in [3.8, 4) is 0 Å². The molecule has 0 radical (unpaired) electrons. The van der Waals surface area contributed by atoms with E-state index in [4.69, 9.17) is 0 Å². The van der Waals surface area contributed by atoms with Crippen LogP contribution in [0.15, 0.2) is 52.3 Å². The predicted octanol–water partition coefficient (Wildman–Crippen LogP) is 5.55. The van der Waals surface area contributed by atoms with Gasteiger partial charge >= 0.3 is 0 Å². The Morgan fingerprint density at radius 2 is 2.00 bits per heavy atom. The average Bonchev–Trinajstić information content (AvgIpc) is 2.81. The molecule has 2 aromatic carbocycles. The first-order valence-corrected chi connectivity index (χ1v) is 11.2. The van der Waals surface area contributed by atoms with Gasteiger partial charge in [0.15, 0.2) is 0 Å². The molecule has 0 saturated carbocycles. The zero-order valence-corrected chi connectivity index (χ0v) is 17.4. The van der Waals surface area contributed by atoms with E-state index in [2.05, 4.69) is 71.9 Å². The van der Waals surface area contributed by atoms with Crippen molar-refractivity contribution < 1.29 is 5.11 Å². The van der Waals surface area contributed by atoms with Crippen LogP contribution in [0.25, 0.3) is 0 Å². The highest BCUT2D eigenvalue weighted by Crippen LogP contribution is 2.43. The second kappa shape index (κ2) is 9.18. The summed E-state index contributed by atoms with van der Waals surface area (Å²) in [4.78, 5) is 4.83. The minimum Gasteiger partial charge on any atom is -0.392 e. The minimum atomic E-state index is 0.0817. The number of hydrogen-bond acceptors (Lipinski definition) is 5. The summed E-state index contributed by atoms with van der Waals surface area (Å²) in [5.41, 5.74) is 3.49. The lowest BCUT2D eigenvalue weighted by molar-refractivity contribution is 0.278. The van der Waals surface area contributed by atoms with Crippen LogP contribution in [0.4, 0.5) is 11.4 Å². The van der Waals surface area contributed by atoms with E-state index in [9.17, 15) is 5.11 Å². The molecule has 0 aromatic heterocycles. The van der Waals surface area contributed by atoms with Gasteiger partial charge in [-0.15, -0.1) is 11.8 Å². The molecule has 2 aromatic rings. The maximum atomic E-state index is 9.79. The van der Waals surface area contributed by atoms with Crippen molar-refractivity contribution >= 4 is 35.1 Å². The lowest BCUT2D eigenvalue weighted by atomic mass is 10.1. The van der Waals surface area contributed by atoms with Gasteiger partial charge in [0.05, 0.1) is 12.3 Å². The van der Waals surface area contributed by atoms with E-state index in [0.29, 0.717) is 6.04 Å². The number of thioether (sulfide) groups is 1. The van der Waals surface area contributed by atoms with Crippen LogP contribution in [0.3, 0.4) is 0 Å². The number of unbranched alkanes of at least 4 members (excludes halogenated alkanes) is 1. The second-order valence-corrected chi connectivity index (χ2v) is 8.72. The smallest absolute Gasteiger partial charge is 0.0693 e. The van der Waals surface area contributed by atoms with Crippen molar-refractivity contribution in [3.63, 3.8) is 0 Å². The van der Waals surface area contributed by atoms with Gasteiger partial charge in [0.2, 0.25) is 0 Å². The fourth-order valence-electron chi connectivity index (χ4n) is 3.41. The van der Waals surface area contributed by atoms with Gasteiger partial charge in [0, 0.05) is 28.1 Å². The van der Waals surface area contributed by atoms with Crippen molar-refractivity contribution in [1.29, 1.82) is 0 Å². The molecule has 0 bridgehead atoms. The topological polar surface area (TPSA) is 26.7 Å². The molecule has 1 heterocycles. The van der Waals surface area contributed by atoms with E-state index in [-0.39, 0.29) is 6.61 Å². The summed E-state index contributed by atoms with van der Waals surface area (Å²) in [6.07, 6.45) is 5.73. The summed E-state index contributed by atoms with van der Waals surface area (Å²) in [5, 5.41) is 9.79. The van der Waals surface area contributed by atoms with Crippen molar-refractivity contribution in [1.82, 2.24) is 4.31 Å². The third-order valence-electron chi connectivity index (χ3n) is 4.93. The number of anilines is 2. The van der Waals surface area contributed by atoms with Gasteiger partial charge in [-0.05, 0) is 61.5 Å². The highest BCUT2D eigenvalue weighted by Gasteiger charge is 2.28. The molecule has 0 aliphatic carbocycles. The molecule has 0 fully saturated rings. The summed E-state index contributed by atoms with van der Waals surface area (Å²) in [7, 11) is 2.20. The van der Waals surface area contributed by atoms with Gasteiger partial charge in [-0.25, -0.2) is 4.31 Å². The van der Waals surface area contributed by atoms with Crippen LogP contribution in [0.2, 0.25) is 0 Å². The fraction of sp³-hybridized carbons (Fsp3) is 0.429. The molecule has 3 nitrogen and oxygen atoms in total. The summed E-state index contributed by atoms with van der Waals surface area (Å²) in [5.74, 6) is 0. The van der Waals surface area contributed by atoms with E-state index < -0.39 is 0 Å². The number of aliphatic hydroxyl groups is 1. The second-order valence-electron chi connectivity index (χ2n) is 6.67. The van der Waals surface area contributed by atoms with E-state index in [0.717, 1.165) is 17.0 Å². The van der Waals surface area contributed by atoms with Crippen molar-refractivity contribution in [2.75, 3.05) is 24.7 Å². The van der Waals surface area contributed by atoms with Crippen molar-refractivity contribution in [2.24, 2.45) is 0 Å². The van der Waals surface area contributed by atoms with Gasteiger partial charge in [-0.2, -0.15) is 0 Å². The maximum absolute atomic E-state index is 9.79. The first-order valence-electron chi connectivity index (χ1n) is 9.23. The van der Waals surface area contributed by atoms with Crippen LogP contribution >= 0.6 is 23.7 Å². The molecule has 0 spiro atoms. The molecule has 1 aliphatic heterocycles. The quantitative estimate of drug-likeness (QED) is 0.517. The molecule has 3 rings (SSSR count). The van der Waals surface area contributed by atoms with E-state index >= 15 is 0 Å². The lowest BCUT2D eigenvalue weighted by Crippen LogP contribution is -2.35. The summed E-state index contributed by atoms with van der Waals surface area (Å²) in [6.45, 7) is 3.32. The molecule has 5 heteroatoms. The number of likely N-dealkylation sites (N-methyl/N-ethyl adjacent to an activating group) is 1. The summed E-state index contributed by atoms with van der Waals surface area (Å²) >= 11 is 3.51. The SMILES string of the molecule is CCCC[C@H]1CN(c2ccccc2)c2cc(SC)c(CO)cc2SN1C. The Bertz CT molecular complexity index is 723. The van der Waals surface area contributed by atoms with Crippen LogP contribution in [0.1, 0.15) is 31.7 Å². The monoisotopic (exact) mass is 388 g/mol. The highest BCUT2D eigenvalue weighted by atomic mass is 32.2. The first kappa shape index (κ1) is 19.6. The Kier molecular flexibility index (Phi) is 6.92. The van der Waals surface area contributed by atoms with Crippen LogP contribution in [0.5, 0.6) is 0 Å². The Hall–Kier alpha value is -1.14. The summed E-state index contributed by atoms with van der Waals surface area (Å²) in [6, 6.07) is 15.6. The third-order valence-corrected chi connectivity index (χ3v) is 6.86. The van der Waals surface area contributed by atoms with Crippen molar-refractivity contribution in [2.45, 2.75) is 48.6 Å². The molecule has 140 valence electrons. The molecule has 1 atom stereocenters. The minimum absolute atomic E-state index is 0.0817. The van der Waals surface area contributed by atoms with Gasteiger partial charge in [-0.1, -0.05) is 38.0 Å². The predicted molar refractivity (Wildman–Crippen MR) is 115 cm³/mol. The number of benzene rings is 2. The Balaban J connectivity index is 2.08. The van der Waals surface area contributed by atoms with Gasteiger partial charge in [0.25, 0.3) is 0 Å². The zero-order chi connectivity index (χ0) is 18.5.